The number of amides is 3. The van der Waals surface area contributed by atoms with Gasteiger partial charge in [0.15, 0.2) is 0 Å². The van der Waals surface area contributed by atoms with E-state index in [0.29, 0.717) is 10.6 Å². The molecule has 6 nitrogen and oxygen atoms in total. The average Bonchev–Trinajstić information content (AvgIpc) is 3.35. The number of nitrogens with one attached hydrogen (secondary N) is 1. The van der Waals surface area contributed by atoms with Crippen molar-refractivity contribution in [1.82, 2.24) is 9.47 Å². The number of carbonyl (C=O) groups excluding carboxylic acids is 3. The molecule has 5 rings (SSSR count). The lowest BCUT2D eigenvalue weighted by molar-refractivity contribution is -0.127. The summed E-state index contributed by atoms with van der Waals surface area (Å²) < 4.78 is 2.13. The van der Waals surface area contributed by atoms with Crippen molar-refractivity contribution in [1.29, 1.82) is 0 Å². The van der Waals surface area contributed by atoms with E-state index in [1.54, 1.807) is 12.1 Å². The van der Waals surface area contributed by atoms with Crippen LogP contribution >= 0.6 is 11.8 Å². The monoisotopic (exact) mass is 535 g/mol. The van der Waals surface area contributed by atoms with Crippen LogP contribution < -0.4 is 5.32 Å². The lowest BCUT2D eigenvalue weighted by Crippen LogP contribution is -2.36. The Bertz CT molecular complexity index is 1620. The van der Waals surface area contributed by atoms with Crippen LogP contribution in [0.5, 0.6) is 0 Å². The second-order valence-electron chi connectivity index (χ2n) is 9.69. The molecule has 0 bridgehead atoms. The van der Waals surface area contributed by atoms with Crippen molar-refractivity contribution in [2.75, 3.05) is 11.9 Å². The molecule has 3 aromatic carbocycles. The minimum Gasteiger partial charge on any atom is -0.325 e. The van der Waals surface area contributed by atoms with Crippen LogP contribution in [0.2, 0.25) is 0 Å². The van der Waals surface area contributed by atoms with E-state index < -0.39 is 17.1 Å². The third-order valence-electron chi connectivity index (χ3n) is 6.96. The second-order valence-corrected chi connectivity index (χ2v) is 10.7. The molecule has 39 heavy (non-hydrogen) atoms. The summed E-state index contributed by atoms with van der Waals surface area (Å²) in [6.45, 7) is 7.63. The number of aromatic nitrogens is 1. The number of benzene rings is 3. The first kappa shape index (κ1) is 26.3. The number of anilines is 1. The van der Waals surface area contributed by atoms with Crippen molar-refractivity contribution in [3.63, 3.8) is 0 Å². The fraction of sp³-hybridized carbons (Fsp3) is 0.156. The van der Waals surface area contributed by atoms with Gasteiger partial charge in [0.25, 0.3) is 11.1 Å². The number of nitrogens with zero attached hydrogens (tertiary/aromatic N) is 2. The molecular weight excluding hydrogens is 506 g/mol. The molecule has 0 atom stereocenters. The topological polar surface area (TPSA) is 71.4 Å². The van der Waals surface area contributed by atoms with Crippen LogP contribution in [0.1, 0.15) is 28.1 Å². The summed E-state index contributed by atoms with van der Waals surface area (Å²) >= 11 is 0.858. The Morgan fingerprint density at radius 3 is 2.23 bits per heavy atom. The van der Waals surface area contributed by atoms with Gasteiger partial charge in [-0.2, -0.15) is 0 Å². The largest absolute Gasteiger partial charge is 0.325 e. The van der Waals surface area contributed by atoms with Crippen molar-refractivity contribution in [3.05, 3.63) is 112 Å². The van der Waals surface area contributed by atoms with E-state index in [2.05, 4.69) is 46.3 Å². The number of thioether (sulfide) groups is 1. The second kappa shape index (κ2) is 10.8. The summed E-state index contributed by atoms with van der Waals surface area (Å²) in [5.41, 5.74) is 8.93. The Morgan fingerprint density at radius 1 is 0.846 bits per heavy atom. The number of hydrogen-bond acceptors (Lipinski definition) is 4. The smallest absolute Gasteiger partial charge is 0.294 e. The van der Waals surface area contributed by atoms with Gasteiger partial charge in [-0.15, -0.1) is 0 Å². The van der Waals surface area contributed by atoms with E-state index >= 15 is 0 Å². The van der Waals surface area contributed by atoms with Gasteiger partial charge in [0.1, 0.15) is 6.54 Å². The molecule has 0 unspecified atom stereocenters. The zero-order chi connectivity index (χ0) is 27.7. The summed E-state index contributed by atoms with van der Waals surface area (Å²) in [7, 11) is 0. The Labute approximate surface area is 232 Å². The molecule has 0 saturated carbocycles. The van der Waals surface area contributed by atoms with Crippen LogP contribution in [-0.4, -0.2) is 33.1 Å². The normalized spacial score (nSPS) is 14.4. The lowest BCUT2D eigenvalue weighted by Gasteiger charge is -2.13. The predicted molar refractivity (Wildman–Crippen MR) is 158 cm³/mol. The molecule has 2 heterocycles. The van der Waals surface area contributed by atoms with E-state index in [1.165, 1.54) is 0 Å². The molecule has 0 spiro atoms. The molecule has 3 amide bonds. The highest BCUT2D eigenvalue weighted by Crippen LogP contribution is 2.34. The molecular formula is C32H29N3O3S. The van der Waals surface area contributed by atoms with Gasteiger partial charge in [-0.05, 0) is 104 Å². The third kappa shape index (κ3) is 5.45. The molecule has 1 saturated heterocycles. The number of carbonyl (C=O) groups is 3. The van der Waals surface area contributed by atoms with Gasteiger partial charge in [0.2, 0.25) is 5.91 Å². The van der Waals surface area contributed by atoms with Crippen LogP contribution in [0.4, 0.5) is 10.5 Å². The maximum absolute atomic E-state index is 13.1. The first-order valence-electron chi connectivity index (χ1n) is 12.7. The van der Waals surface area contributed by atoms with E-state index in [4.69, 9.17) is 0 Å². The number of imide groups is 1. The molecule has 1 N–H and O–H groups in total. The Hall–Kier alpha value is -4.36. The summed E-state index contributed by atoms with van der Waals surface area (Å²) in [4.78, 5) is 39.6. The fourth-order valence-electron chi connectivity index (χ4n) is 4.71. The van der Waals surface area contributed by atoms with Crippen molar-refractivity contribution < 1.29 is 14.4 Å². The zero-order valence-corrected chi connectivity index (χ0v) is 23.1. The maximum Gasteiger partial charge on any atom is 0.294 e. The Kier molecular flexibility index (Phi) is 7.26. The highest BCUT2D eigenvalue weighted by molar-refractivity contribution is 8.18. The van der Waals surface area contributed by atoms with Crippen LogP contribution in [0.15, 0.2) is 83.8 Å². The number of aryl methyl sites for hydroxylation is 3. The van der Waals surface area contributed by atoms with Crippen LogP contribution in [0.25, 0.3) is 22.9 Å². The molecule has 4 aromatic rings. The predicted octanol–water partition coefficient (Wildman–Crippen LogP) is 7.05. The third-order valence-corrected chi connectivity index (χ3v) is 7.86. The standard InChI is InChI=1S/C32H29N3O3S/c1-20-10-13-27(16-21(20)2)33-30(36)19-34-31(37)29(39-32(34)38)18-26-17-22(3)35(23(26)4)28-14-11-25(12-15-28)24-8-6-5-7-9-24/h5-18H,19H2,1-4H3,(H,33,36)/b29-18-. The van der Waals surface area contributed by atoms with Gasteiger partial charge in [0.05, 0.1) is 4.91 Å². The van der Waals surface area contributed by atoms with Gasteiger partial charge in [-0.3, -0.25) is 19.3 Å². The SMILES string of the molecule is Cc1ccc(NC(=O)CN2C(=O)S/C(=C\c3cc(C)n(-c4ccc(-c5ccccc5)cc4)c3C)C2=O)cc1C. The number of hydrogen-bond donors (Lipinski definition) is 1. The van der Waals surface area contributed by atoms with Crippen molar-refractivity contribution in [2.24, 2.45) is 0 Å². The Balaban J connectivity index is 1.32. The minimum atomic E-state index is -0.461. The van der Waals surface area contributed by atoms with Crippen LogP contribution in [0, 0.1) is 27.7 Å². The molecule has 0 aliphatic carbocycles. The van der Waals surface area contributed by atoms with E-state index in [1.807, 2.05) is 64.1 Å². The highest BCUT2D eigenvalue weighted by atomic mass is 32.2. The fourth-order valence-corrected chi connectivity index (χ4v) is 5.53. The summed E-state index contributed by atoms with van der Waals surface area (Å²) in [5, 5.41) is 2.33. The molecule has 0 radical (unpaired) electrons. The van der Waals surface area contributed by atoms with Crippen LogP contribution in [0.3, 0.4) is 0 Å². The van der Waals surface area contributed by atoms with Crippen molar-refractivity contribution in [3.8, 4) is 16.8 Å². The van der Waals surface area contributed by atoms with Crippen LogP contribution in [-0.2, 0) is 9.59 Å². The van der Waals surface area contributed by atoms with Gasteiger partial charge in [-0.25, -0.2) is 0 Å². The van der Waals surface area contributed by atoms with Gasteiger partial charge >= 0.3 is 0 Å². The quantitative estimate of drug-likeness (QED) is 0.269. The van der Waals surface area contributed by atoms with Crippen molar-refractivity contribution >= 4 is 40.6 Å². The van der Waals surface area contributed by atoms with Crippen molar-refractivity contribution in [2.45, 2.75) is 27.7 Å². The lowest BCUT2D eigenvalue weighted by atomic mass is 10.1. The minimum absolute atomic E-state index is 0.304. The highest BCUT2D eigenvalue weighted by Gasteiger charge is 2.36. The first-order valence-corrected chi connectivity index (χ1v) is 13.5. The zero-order valence-electron chi connectivity index (χ0n) is 22.3. The molecule has 1 fully saturated rings. The maximum atomic E-state index is 13.1. The Morgan fingerprint density at radius 2 is 1.54 bits per heavy atom. The molecule has 196 valence electrons. The van der Waals surface area contributed by atoms with E-state index in [0.717, 1.165) is 61.6 Å². The molecule has 1 aliphatic heterocycles. The van der Waals surface area contributed by atoms with Gasteiger partial charge in [-0.1, -0.05) is 48.5 Å². The summed E-state index contributed by atoms with van der Waals surface area (Å²) in [6, 6.07) is 26.1. The van der Waals surface area contributed by atoms with E-state index in [9.17, 15) is 14.4 Å². The first-order chi connectivity index (χ1) is 18.7. The number of rotatable bonds is 6. The summed E-state index contributed by atoms with van der Waals surface area (Å²) in [6.07, 6.45) is 1.74. The average molecular weight is 536 g/mol. The molecule has 1 aromatic heterocycles. The summed E-state index contributed by atoms with van der Waals surface area (Å²) in [5.74, 6) is -0.879. The van der Waals surface area contributed by atoms with E-state index in [-0.39, 0.29) is 6.54 Å². The molecule has 1 aliphatic rings. The molecule has 7 heteroatoms. The van der Waals surface area contributed by atoms with Gasteiger partial charge < -0.3 is 9.88 Å². The van der Waals surface area contributed by atoms with Gasteiger partial charge in [0, 0.05) is 22.8 Å².